The molecular weight excluding hydrogens is 175 g/mol. The highest BCUT2D eigenvalue weighted by Gasteiger charge is 2.02. The number of benzene rings is 1. The molecule has 66 valence electrons. The molecule has 1 nitrogen and oxygen atoms in total. The molecule has 0 aliphatic carbocycles. The molecule has 0 N–H and O–H groups in total. The largest absolute Gasteiger partial charge is 0.254 e. The van der Waals surface area contributed by atoms with Gasteiger partial charge in [-0.15, -0.1) is 0 Å². The van der Waals surface area contributed by atoms with Gasteiger partial charge in [0, 0.05) is 10.6 Å². The van der Waals surface area contributed by atoms with Crippen molar-refractivity contribution in [2.45, 2.75) is 18.2 Å². The first-order valence-corrected chi connectivity index (χ1v) is 5.20. The van der Waals surface area contributed by atoms with Crippen LogP contribution in [0.2, 0.25) is 0 Å². The van der Waals surface area contributed by atoms with Gasteiger partial charge in [-0.05, 0) is 24.6 Å². The number of rotatable bonds is 3. The molecule has 0 amide bonds. The summed E-state index contributed by atoms with van der Waals surface area (Å²) < 4.78 is 24.0. The highest BCUT2D eigenvalue weighted by molar-refractivity contribution is 7.85. The van der Waals surface area contributed by atoms with Crippen LogP contribution in [0.15, 0.2) is 29.2 Å². The fourth-order valence-corrected chi connectivity index (χ4v) is 1.99. The lowest BCUT2D eigenvalue weighted by atomic mass is 10.4. The van der Waals surface area contributed by atoms with Crippen molar-refractivity contribution in [1.82, 2.24) is 0 Å². The van der Waals surface area contributed by atoms with Crippen LogP contribution in [-0.4, -0.2) is 9.96 Å². The van der Waals surface area contributed by atoms with Crippen molar-refractivity contribution >= 4 is 10.8 Å². The molecule has 0 saturated heterocycles. The Morgan fingerprint density at radius 3 is 2.83 bits per heavy atom. The van der Waals surface area contributed by atoms with E-state index in [4.69, 9.17) is 0 Å². The Morgan fingerprint density at radius 1 is 1.50 bits per heavy atom. The van der Waals surface area contributed by atoms with Crippen LogP contribution in [0, 0.1) is 5.82 Å². The summed E-state index contributed by atoms with van der Waals surface area (Å²) in [5, 5.41) is 0. The smallest absolute Gasteiger partial charge is 0.124 e. The Morgan fingerprint density at radius 2 is 2.25 bits per heavy atom. The minimum Gasteiger partial charge on any atom is -0.254 e. The lowest BCUT2D eigenvalue weighted by molar-refractivity contribution is 0.622. The molecule has 0 bridgehead atoms. The molecule has 0 aromatic heterocycles. The van der Waals surface area contributed by atoms with Gasteiger partial charge in [0.15, 0.2) is 0 Å². The van der Waals surface area contributed by atoms with Crippen LogP contribution in [0.4, 0.5) is 4.39 Å². The van der Waals surface area contributed by atoms with Gasteiger partial charge >= 0.3 is 0 Å². The fourth-order valence-electron chi connectivity index (χ4n) is 0.912. The summed E-state index contributed by atoms with van der Waals surface area (Å²) in [4.78, 5) is 0.580. The molecule has 12 heavy (non-hydrogen) atoms. The zero-order chi connectivity index (χ0) is 8.97. The summed E-state index contributed by atoms with van der Waals surface area (Å²) in [5.74, 6) is 0.278. The van der Waals surface area contributed by atoms with Crippen LogP contribution in [0.25, 0.3) is 0 Å². The molecule has 0 saturated carbocycles. The second-order valence-corrected chi connectivity index (χ2v) is 4.08. The summed E-state index contributed by atoms with van der Waals surface area (Å²) in [6.07, 6.45) is 0.850. The van der Waals surface area contributed by atoms with Gasteiger partial charge in [0.2, 0.25) is 0 Å². The van der Waals surface area contributed by atoms with E-state index in [9.17, 15) is 8.60 Å². The standard InChI is InChI=1S/C9H11FOS/c1-2-6-12(11)9-5-3-4-8(10)7-9/h3-5,7H,2,6H2,1H3. The average molecular weight is 186 g/mol. The van der Waals surface area contributed by atoms with Gasteiger partial charge in [-0.25, -0.2) is 4.39 Å². The maximum absolute atomic E-state index is 12.6. The Bertz CT molecular complexity index is 286. The predicted octanol–water partition coefficient (Wildman–Crippen LogP) is 2.34. The van der Waals surface area contributed by atoms with E-state index in [0.29, 0.717) is 10.6 Å². The van der Waals surface area contributed by atoms with E-state index < -0.39 is 10.8 Å². The first-order valence-electron chi connectivity index (χ1n) is 3.88. The van der Waals surface area contributed by atoms with E-state index in [1.165, 1.54) is 12.1 Å². The van der Waals surface area contributed by atoms with E-state index in [-0.39, 0.29) is 5.82 Å². The van der Waals surface area contributed by atoms with Crippen LogP contribution in [-0.2, 0) is 10.8 Å². The van der Waals surface area contributed by atoms with Gasteiger partial charge in [0.1, 0.15) is 5.82 Å². The van der Waals surface area contributed by atoms with Crippen LogP contribution in [0.5, 0.6) is 0 Å². The summed E-state index contributed by atoms with van der Waals surface area (Å²) >= 11 is 0. The van der Waals surface area contributed by atoms with Gasteiger partial charge in [0.05, 0.1) is 10.8 Å². The topological polar surface area (TPSA) is 17.1 Å². The lowest BCUT2D eigenvalue weighted by Gasteiger charge is -1.98. The third-order valence-corrected chi connectivity index (χ3v) is 3.01. The third kappa shape index (κ3) is 2.41. The Kier molecular flexibility index (Phi) is 3.41. The van der Waals surface area contributed by atoms with E-state index >= 15 is 0 Å². The maximum atomic E-state index is 12.6. The highest BCUT2D eigenvalue weighted by Crippen LogP contribution is 2.09. The molecule has 1 aromatic carbocycles. The first-order chi connectivity index (χ1) is 5.74. The zero-order valence-corrected chi connectivity index (χ0v) is 7.73. The minimum atomic E-state index is -1.03. The normalized spacial score (nSPS) is 12.8. The molecule has 0 fully saturated rings. The van der Waals surface area contributed by atoms with Crippen LogP contribution in [0.3, 0.4) is 0 Å². The quantitative estimate of drug-likeness (QED) is 0.708. The minimum absolute atomic E-state index is 0.322. The van der Waals surface area contributed by atoms with Crippen molar-refractivity contribution in [3.63, 3.8) is 0 Å². The summed E-state index contributed by atoms with van der Waals surface area (Å²) in [6, 6.07) is 5.95. The number of hydrogen-bond donors (Lipinski definition) is 0. The Labute approximate surface area is 74.1 Å². The van der Waals surface area contributed by atoms with Gasteiger partial charge in [-0.2, -0.15) is 0 Å². The number of halogens is 1. The first kappa shape index (κ1) is 9.39. The molecule has 0 aliphatic rings. The van der Waals surface area contributed by atoms with Gasteiger partial charge in [-0.1, -0.05) is 13.0 Å². The van der Waals surface area contributed by atoms with Gasteiger partial charge in [0.25, 0.3) is 0 Å². The molecule has 0 heterocycles. The molecule has 1 unspecified atom stereocenters. The van der Waals surface area contributed by atoms with Crippen LogP contribution in [0.1, 0.15) is 13.3 Å². The summed E-state index contributed by atoms with van der Waals surface area (Å²) in [7, 11) is -1.03. The Hall–Kier alpha value is -0.700. The molecule has 3 heteroatoms. The van der Waals surface area contributed by atoms with E-state index in [0.717, 1.165) is 6.42 Å². The van der Waals surface area contributed by atoms with Crippen molar-refractivity contribution < 1.29 is 8.60 Å². The van der Waals surface area contributed by atoms with Crippen molar-refractivity contribution in [3.8, 4) is 0 Å². The maximum Gasteiger partial charge on any atom is 0.124 e. The zero-order valence-electron chi connectivity index (χ0n) is 6.92. The predicted molar refractivity (Wildman–Crippen MR) is 48.0 cm³/mol. The molecule has 0 aliphatic heterocycles. The van der Waals surface area contributed by atoms with Gasteiger partial charge in [-0.3, -0.25) is 4.21 Å². The molecule has 1 atom stereocenters. The van der Waals surface area contributed by atoms with Crippen molar-refractivity contribution in [2.24, 2.45) is 0 Å². The number of hydrogen-bond acceptors (Lipinski definition) is 1. The summed E-state index contributed by atoms with van der Waals surface area (Å²) in [5.41, 5.74) is 0. The second-order valence-electron chi connectivity index (χ2n) is 2.51. The van der Waals surface area contributed by atoms with Crippen molar-refractivity contribution in [3.05, 3.63) is 30.1 Å². The van der Waals surface area contributed by atoms with E-state index in [2.05, 4.69) is 0 Å². The monoisotopic (exact) mass is 186 g/mol. The van der Waals surface area contributed by atoms with Crippen molar-refractivity contribution in [2.75, 3.05) is 5.75 Å². The average Bonchev–Trinajstić information content (AvgIpc) is 2.05. The Balaban J connectivity index is 2.81. The second kappa shape index (κ2) is 4.36. The van der Waals surface area contributed by atoms with Crippen LogP contribution < -0.4 is 0 Å². The molecular formula is C9H11FOS. The van der Waals surface area contributed by atoms with Gasteiger partial charge < -0.3 is 0 Å². The molecule has 0 radical (unpaired) electrons. The molecule has 0 spiro atoms. The van der Waals surface area contributed by atoms with E-state index in [1.54, 1.807) is 12.1 Å². The molecule has 1 aromatic rings. The van der Waals surface area contributed by atoms with Crippen molar-refractivity contribution in [1.29, 1.82) is 0 Å². The summed E-state index contributed by atoms with van der Waals surface area (Å²) in [6.45, 7) is 1.96. The van der Waals surface area contributed by atoms with E-state index in [1.807, 2.05) is 6.92 Å². The fraction of sp³-hybridized carbons (Fsp3) is 0.333. The SMILES string of the molecule is CCCS(=O)c1cccc(F)c1. The highest BCUT2D eigenvalue weighted by atomic mass is 32.2. The lowest BCUT2D eigenvalue weighted by Crippen LogP contribution is -1.96. The third-order valence-electron chi connectivity index (χ3n) is 1.45. The molecule has 1 rings (SSSR count). The van der Waals surface area contributed by atoms with Crippen LogP contribution >= 0.6 is 0 Å².